The molecule has 152 valence electrons. The van der Waals surface area contributed by atoms with Crippen LogP contribution in [0.1, 0.15) is 23.2 Å². The van der Waals surface area contributed by atoms with E-state index in [0.717, 1.165) is 0 Å². The largest absolute Gasteiger partial charge is 0.494 e. The van der Waals surface area contributed by atoms with E-state index in [1.54, 1.807) is 4.90 Å². The van der Waals surface area contributed by atoms with Crippen molar-refractivity contribution in [2.75, 3.05) is 25.5 Å². The van der Waals surface area contributed by atoms with E-state index in [2.05, 4.69) is 5.32 Å². The summed E-state index contributed by atoms with van der Waals surface area (Å²) in [5.74, 6) is -0.922. The number of carbonyl (C=O) groups is 2. The first-order valence-corrected chi connectivity index (χ1v) is 9.07. The highest BCUT2D eigenvalue weighted by Crippen LogP contribution is 2.30. The Morgan fingerprint density at radius 2 is 1.83 bits per heavy atom. The van der Waals surface area contributed by atoms with E-state index in [9.17, 15) is 24.1 Å². The number of ether oxygens (including phenoxy) is 1. The molecule has 0 aromatic heterocycles. The van der Waals surface area contributed by atoms with Gasteiger partial charge in [0.1, 0.15) is 11.6 Å². The number of non-ortho nitro benzene ring substituents is 1. The van der Waals surface area contributed by atoms with Gasteiger partial charge in [-0.1, -0.05) is 0 Å². The molecule has 0 aliphatic carbocycles. The van der Waals surface area contributed by atoms with Crippen LogP contribution in [-0.4, -0.2) is 41.8 Å². The zero-order valence-electron chi connectivity index (χ0n) is 15.8. The number of anilines is 1. The Kier molecular flexibility index (Phi) is 6.06. The molecule has 9 heteroatoms. The average Bonchev–Trinajstić information content (AvgIpc) is 2.74. The van der Waals surface area contributed by atoms with Crippen molar-refractivity contribution in [3.8, 4) is 5.75 Å². The first-order chi connectivity index (χ1) is 13.9. The predicted octanol–water partition coefficient (Wildman–Crippen LogP) is 3.23. The lowest BCUT2D eigenvalue weighted by molar-refractivity contribution is -0.384. The molecule has 1 aliphatic heterocycles. The zero-order valence-corrected chi connectivity index (χ0v) is 15.8. The number of piperidine rings is 1. The van der Waals surface area contributed by atoms with Gasteiger partial charge >= 0.3 is 0 Å². The number of likely N-dealkylation sites (tertiary alicyclic amines) is 1. The van der Waals surface area contributed by atoms with E-state index in [1.807, 2.05) is 0 Å². The summed E-state index contributed by atoms with van der Waals surface area (Å²) >= 11 is 0. The van der Waals surface area contributed by atoms with Crippen molar-refractivity contribution in [2.45, 2.75) is 12.8 Å². The summed E-state index contributed by atoms with van der Waals surface area (Å²) < 4.78 is 18.1. The third-order valence-corrected chi connectivity index (χ3v) is 4.90. The number of methoxy groups -OCH3 is 1. The number of rotatable bonds is 5. The van der Waals surface area contributed by atoms with E-state index >= 15 is 0 Å². The van der Waals surface area contributed by atoms with Gasteiger partial charge in [-0.25, -0.2) is 4.39 Å². The maximum atomic E-state index is 13.0. The van der Waals surface area contributed by atoms with Crippen LogP contribution >= 0.6 is 0 Å². The quantitative estimate of drug-likeness (QED) is 0.612. The van der Waals surface area contributed by atoms with Crippen molar-refractivity contribution in [1.82, 2.24) is 4.90 Å². The highest BCUT2D eigenvalue weighted by atomic mass is 19.1. The van der Waals surface area contributed by atoms with Crippen LogP contribution in [0.2, 0.25) is 0 Å². The summed E-state index contributed by atoms with van der Waals surface area (Å²) in [6.45, 7) is 0.817. The highest BCUT2D eigenvalue weighted by molar-refractivity contribution is 5.96. The molecule has 0 spiro atoms. The van der Waals surface area contributed by atoms with Gasteiger partial charge in [-0.3, -0.25) is 19.7 Å². The molecule has 0 unspecified atom stereocenters. The molecule has 1 fully saturated rings. The fourth-order valence-electron chi connectivity index (χ4n) is 3.25. The zero-order chi connectivity index (χ0) is 21.0. The maximum Gasteiger partial charge on any atom is 0.273 e. The first-order valence-electron chi connectivity index (χ1n) is 9.07. The van der Waals surface area contributed by atoms with Crippen LogP contribution in [0.25, 0.3) is 0 Å². The highest BCUT2D eigenvalue weighted by Gasteiger charge is 2.28. The minimum atomic E-state index is -0.540. The molecule has 29 heavy (non-hydrogen) atoms. The van der Waals surface area contributed by atoms with Crippen LogP contribution in [-0.2, 0) is 4.79 Å². The lowest BCUT2D eigenvalue weighted by Crippen LogP contribution is -2.41. The molecule has 1 aliphatic rings. The normalized spacial score (nSPS) is 14.3. The number of amides is 2. The summed E-state index contributed by atoms with van der Waals surface area (Å²) in [6, 6.07) is 9.34. The monoisotopic (exact) mass is 401 g/mol. The van der Waals surface area contributed by atoms with Gasteiger partial charge in [0.25, 0.3) is 11.6 Å². The number of carbonyl (C=O) groups excluding carboxylic acids is 2. The summed E-state index contributed by atoms with van der Waals surface area (Å²) in [4.78, 5) is 37.0. The van der Waals surface area contributed by atoms with Crippen LogP contribution in [0.15, 0.2) is 42.5 Å². The van der Waals surface area contributed by atoms with Gasteiger partial charge < -0.3 is 15.0 Å². The molecule has 1 saturated heterocycles. The van der Waals surface area contributed by atoms with Gasteiger partial charge in [0.2, 0.25) is 5.91 Å². The molecule has 1 heterocycles. The Hall–Kier alpha value is -3.49. The van der Waals surface area contributed by atoms with E-state index in [1.165, 1.54) is 49.6 Å². The molecular formula is C20H20FN3O5. The fourth-order valence-corrected chi connectivity index (χ4v) is 3.25. The van der Waals surface area contributed by atoms with Crippen LogP contribution in [0.5, 0.6) is 5.75 Å². The molecule has 1 N–H and O–H groups in total. The van der Waals surface area contributed by atoms with Crippen molar-refractivity contribution >= 4 is 23.2 Å². The minimum Gasteiger partial charge on any atom is -0.494 e. The minimum absolute atomic E-state index is 0.132. The van der Waals surface area contributed by atoms with Gasteiger partial charge in [0.15, 0.2) is 0 Å². The van der Waals surface area contributed by atoms with E-state index in [0.29, 0.717) is 37.2 Å². The van der Waals surface area contributed by atoms with Crippen molar-refractivity contribution in [2.24, 2.45) is 5.92 Å². The number of hydrogen-bond donors (Lipinski definition) is 1. The lowest BCUT2D eigenvalue weighted by Gasteiger charge is -2.31. The topological polar surface area (TPSA) is 102 Å². The standard InChI is InChI=1S/C20H20FN3O5/c1-29-18-12-16(24(27)28)6-7-17(18)22-19(25)13-8-10-23(11-9-13)20(26)14-2-4-15(21)5-3-14/h2-7,12-13H,8-11H2,1H3,(H,22,25). The first kappa shape index (κ1) is 20.2. The second-order valence-corrected chi connectivity index (χ2v) is 6.70. The van der Waals surface area contributed by atoms with Crippen LogP contribution in [0, 0.1) is 21.8 Å². The summed E-state index contributed by atoms with van der Waals surface area (Å²) in [5, 5.41) is 13.6. The molecule has 0 atom stereocenters. The molecule has 2 aromatic rings. The third kappa shape index (κ3) is 4.68. The number of halogens is 1. The van der Waals surface area contributed by atoms with Gasteiger partial charge in [0, 0.05) is 30.6 Å². The third-order valence-electron chi connectivity index (χ3n) is 4.90. The maximum absolute atomic E-state index is 13.0. The Labute approximate surface area is 166 Å². The van der Waals surface area contributed by atoms with Crippen molar-refractivity contribution in [1.29, 1.82) is 0 Å². The smallest absolute Gasteiger partial charge is 0.273 e. The van der Waals surface area contributed by atoms with Gasteiger partial charge in [-0.2, -0.15) is 0 Å². The Morgan fingerprint density at radius 1 is 1.17 bits per heavy atom. The van der Waals surface area contributed by atoms with Gasteiger partial charge in [0.05, 0.1) is 23.8 Å². The Morgan fingerprint density at radius 3 is 2.41 bits per heavy atom. The van der Waals surface area contributed by atoms with E-state index in [-0.39, 0.29) is 29.2 Å². The number of nitrogens with one attached hydrogen (secondary N) is 1. The predicted molar refractivity (Wildman–Crippen MR) is 103 cm³/mol. The van der Waals surface area contributed by atoms with Gasteiger partial charge in [-0.15, -0.1) is 0 Å². The lowest BCUT2D eigenvalue weighted by atomic mass is 9.95. The van der Waals surface area contributed by atoms with Crippen LogP contribution in [0.3, 0.4) is 0 Å². The van der Waals surface area contributed by atoms with Crippen molar-refractivity contribution in [3.63, 3.8) is 0 Å². The van der Waals surface area contributed by atoms with Crippen molar-refractivity contribution in [3.05, 3.63) is 64.0 Å². The Balaban J connectivity index is 1.59. The molecule has 2 aromatic carbocycles. The summed E-state index contributed by atoms with van der Waals surface area (Å²) in [6.07, 6.45) is 0.960. The molecule has 0 saturated carbocycles. The number of nitrogens with zero attached hydrogens (tertiary/aromatic N) is 2. The fraction of sp³-hybridized carbons (Fsp3) is 0.300. The SMILES string of the molecule is COc1cc([N+](=O)[O-])ccc1NC(=O)C1CCN(C(=O)c2ccc(F)cc2)CC1. The second-order valence-electron chi connectivity index (χ2n) is 6.70. The van der Waals surface area contributed by atoms with Crippen molar-refractivity contribution < 1.29 is 23.6 Å². The molecular weight excluding hydrogens is 381 g/mol. The molecule has 8 nitrogen and oxygen atoms in total. The number of benzene rings is 2. The number of nitro benzene ring substituents is 1. The molecule has 3 rings (SSSR count). The van der Waals surface area contributed by atoms with Gasteiger partial charge in [-0.05, 0) is 43.2 Å². The molecule has 0 radical (unpaired) electrons. The second kappa shape index (κ2) is 8.68. The number of nitro groups is 1. The molecule has 2 amide bonds. The van der Waals surface area contributed by atoms with Crippen LogP contribution in [0.4, 0.5) is 15.8 Å². The average molecular weight is 401 g/mol. The summed E-state index contributed by atoms with van der Waals surface area (Å²) in [5.41, 5.74) is 0.630. The van der Waals surface area contributed by atoms with E-state index in [4.69, 9.17) is 4.74 Å². The van der Waals surface area contributed by atoms with Crippen LogP contribution < -0.4 is 10.1 Å². The molecule has 0 bridgehead atoms. The van der Waals surface area contributed by atoms with E-state index < -0.39 is 10.7 Å². The Bertz CT molecular complexity index is 924. The summed E-state index contributed by atoms with van der Waals surface area (Å²) in [7, 11) is 1.37. The number of hydrogen-bond acceptors (Lipinski definition) is 5.